The second-order valence-corrected chi connectivity index (χ2v) is 9.28. The fourth-order valence-corrected chi connectivity index (χ4v) is 5.43. The summed E-state index contributed by atoms with van der Waals surface area (Å²) in [5, 5.41) is 7.99. The molecule has 148 valence electrons. The van der Waals surface area contributed by atoms with Crippen molar-refractivity contribution in [1.82, 2.24) is 14.5 Å². The van der Waals surface area contributed by atoms with E-state index in [4.69, 9.17) is 0 Å². The lowest BCUT2D eigenvalue weighted by Gasteiger charge is -2.31. The van der Waals surface area contributed by atoms with Gasteiger partial charge in [0.15, 0.2) is 0 Å². The summed E-state index contributed by atoms with van der Waals surface area (Å²) < 4.78 is 54.0. The molecule has 2 heterocycles. The Balaban J connectivity index is 1.72. The van der Waals surface area contributed by atoms with Gasteiger partial charge in [0, 0.05) is 18.4 Å². The zero-order valence-corrected chi connectivity index (χ0v) is 16.5. The number of aromatic nitrogens is 2. The van der Waals surface area contributed by atoms with Crippen LogP contribution in [0.2, 0.25) is 0 Å². The van der Waals surface area contributed by atoms with Gasteiger partial charge < -0.3 is 0 Å². The van der Waals surface area contributed by atoms with Gasteiger partial charge in [-0.25, -0.2) is 17.2 Å². The number of piperidine rings is 1. The molecule has 1 N–H and O–H groups in total. The highest BCUT2D eigenvalue weighted by molar-refractivity contribution is 7.89. The highest BCUT2D eigenvalue weighted by atomic mass is 32.2. The van der Waals surface area contributed by atoms with Crippen molar-refractivity contribution in [2.75, 3.05) is 13.1 Å². The monoisotopic (exact) mass is 405 g/mol. The second-order valence-electron chi connectivity index (χ2n) is 7.34. The van der Waals surface area contributed by atoms with Crippen LogP contribution in [0.25, 0.3) is 22.0 Å². The highest BCUT2D eigenvalue weighted by Crippen LogP contribution is 2.34. The smallest absolute Gasteiger partial charge is 0.261 e. The Kier molecular flexibility index (Phi) is 4.50. The Morgan fingerprint density at radius 2 is 1.89 bits per heavy atom. The Morgan fingerprint density at radius 3 is 2.61 bits per heavy atom. The quantitative estimate of drug-likeness (QED) is 0.708. The van der Waals surface area contributed by atoms with E-state index in [1.165, 1.54) is 6.07 Å². The lowest BCUT2D eigenvalue weighted by atomic mass is 9.95. The molecule has 0 radical (unpaired) electrons. The molecule has 28 heavy (non-hydrogen) atoms. The van der Waals surface area contributed by atoms with Gasteiger partial charge in [-0.15, -0.1) is 0 Å². The number of hydrogen-bond donors (Lipinski definition) is 1. The summed E-state index contributed by atoms with van der Waals surface area (Å²) in [5.74, 6) is -2.97. The Labute approximate surface area is 162 Å². The fraction of sp³-hybridized carbons (Fsp3) is 0.350. The van der Waals surface area contributed by atoms with Crippen molar-refractivity contribution in [2.24, 2.45) is 0 Å². The normalized spacial score (nSPS) is 17.9. The summed E-state index contributed by atoms with van der Waals surface area (Å²) in [6.07, 6.45) is 1.65. The summed E-state index contributed by atoms with van der Waals surface area (Å²) in [5.41, 5.74) is 4.64. The van der Waals surface area contributed by atoms with E-state index in [0.717, 1.165) is 37.5 Å². The first kappa shape index (κ1) is 19.0. The third-order valence-corrected chi connectivity index (χ3v) is 7.22. The van der Waals surface area contributed by atoms with E-state index in [1.54, 1.807) is 18.3 Å². The lowest BCUT2D eigenvalue weighted by molar-refractivity contribution is -0.0434. The van der Waals surface area contributed by atoms with Crippen LogP contribution in [-0.4, -0.2) is 41.9 Å². The molecule has 0 aliphatic carbocycles. The van der Waals surface area contributed by atoms with E-state index in [0.29, 0.717) is 0 Å². The number of aryl methyl sites for hydroxylation is 2. The maximum atomic E-state index is 13.7. The first-order chi connectivity index (χ1) is 13.2. The van der Waals surface area contributed by atoms with Crippen LogP contribution in [0.4, 0.5) is 8.78 Å². The van der Waals surface area contributed by atoms with Gasteiger partial charge in [0.1, 0.15) is 0 Å². The van der Waals surface area contributed by atoms with E-state index in [-0.39, 0.29) is 24.3 Å². The maximum Gasteiger partial charge on any atom is 0.261 e. The standard InChI is InChI=1S/C20H21F2N3O2S/c1-13-10-15(28(26,27)25-9-3-8-20(21,22)12-25)4-5-16(13)17-6-7-19-18(14(17)2)11-23-24-19/h4-7,10-11H,3,8-9,12H2,1-2H3,(H,23,24). The Bertz CT molecular complexity index is 1160. The molecular formula is C20H21F2N3O2S. The molecule has 8 heteroatoms. The number of rotatable bonds is 3. The first-order valence-electron chi connectivity index (χ1n) is 9.11. The molecular weight excluding hydrogens is 384 g/mol. The van der Waals surface area contributed by atoms with E-state index < -0.39 is 22.5 Å². The van der Waals surface area contributed by atoms with Gasteiger partial charge in [0.25, 0.3) is 5.92 Å². The van der Waals surface area contributed by atoms with Gasteiger partial charge in [-0.2, -0.15) is 9.40 Å². The summed E-state index contributed by atoms with van der Waals surface area (Å²) >= 11 is 0. The summed E-state index contributed by atoms with van der Waals surface area (Å²) in [6.45, 7) is 3.19. The zero-order valence-electron chi connectivity index (χ0n) is 15.7. The van der Waals surface area contributed by atoms with Crippen molar-refractivity contribution in [3.05, 3.63) is 47.7 Å². The number of hydrogen-bond acceptors (Lipinski definition) is 3. The first-order valence-corrected chi connectivity index (χ1v) is 10.5. The number of nitrogens with one attached hydrogen (secondary N) is 1. The van der Waals surface area contributed by atoms with Gasteiger partial charge in [-0.1, -0.05) is 12.1 Å². The Morgan fingerprint density at radius 1 is 1.14 bits per heavy atom. The third kappa shape index (κ3) is 3.20. The van der Waals surface area contributed by atoms with Crippen LogP contribution in [-0.2, 0) is 10.0 Å². The molecule has 4 rings (SSSR count). The van der Waals surface area contributed by atoms with Crippen LogP contribution in [0.5, 0.6) is 0 Å². The minimum Gasteiger partial charge on any atom is -0.278 e. The van der Waals surface area contributed by atoms with Crippen molar-refractivity contribution in [3.8, 4) is 11.1 Å². The second kappa shape index (κ2) is 6.63. The molecule has 1 aromatic heterocycles. The van der Waals surface area contributed by atoms with E-state index in [1.807, 2.05) is 26.0 Å². The molecule has 2 aromatic carbocycles. The van der Waals surface area contributed by atoms with Crippen LogP contribution in [0, 0.1) is 13.8 Å². The predicted octanol–water partition coefficient (Wildman–Crippen LogP) is 4.27. The molecule has 1 fully saturated rings. The van der Waals surface area contributed by atoms with Crippen LogP contribution in [0.15, 0.2) is 41.4 Å². The van der Waals surface area contributed by atoms with Gasteiger partial charge in [0.2, 0.25) is 10.0 Å². The summed E-state index contributed by atoms with van der Waals surface area (Å²) in [4.78, 5) is 0.0495. The number of nitrogens with zero attached hydrogens (tertiary/aromatic N) is 2. The highest BCUT2D eigenvalue weighted by Gasteiger charge is 2.40. The number of sulfonamides is 1. The lowest BCUT2D eigenvalue weighted by Crippen LogP contribution is -2.45. The minimum absolute atomic E-state index is 0.0495. The number of halogens is 2. The molecule has 3 aromatic rings. The topological polar surface area (TPSA) is 66.1 Å². The van der Waals surface area contributed by atoms with Crippen molar-refractivity contribution in [1.29, 1.82) is 0 Å². The molecule has 0 unspecified atom stereocenters. The van der Waals surface area contributed by atoms with Crippen molar-refractivity contribution >= 4 is 20.9 Å². The van der Waals surface area contributed by atoms with Gasteiger partial charge in [-0.05, 0) is 60.7 Å². The largest absolute Gasteiger partial charge is 0.278 e. The van der Waals surface area contributed by atoms with Gasteiger partial charge in [0.05, 0.1) is 23.2 Å². The van der Waals surface area contributed by atoms with Crippen molar-refractivity contribution < 1.29 is 17.2 Å². The number of fused-ring (bicyclic) bond motifs is 1. The van der Waals surface area contributed by atoms with Gasteiger partial charge in [-0.3, -0.25) is 5.10 Å². The molecule has 0 amide bonds. The van der Waals surface area contributed by atoms with Crippen LogP contribution >= 0.6 is 0 Å². The molecule has 0 bridgehead atoms. The third-order valence-electron chi connectivity index (χ3n) is 5.38. The zero-order chi connectivity index (χ0) is 20.1. The summed E-state index contributed by atoms with van der Waals surface area (Å²) in [6, 6.07) is 8.72. The fourth-order valence-electron chi connectivity index (χ4n) is 3.83. The molecule has 1 aliphatic rings. The van der Waals surface area contributed by atoms with E-state index in [2.05, 4.69) is 10.2 Å². The molecule has 0 atom stereocenters. The van der Waals surface area contributed by atoms with Gasteiger partial charge >= 0.3 is 0 Å². The van der Waals surface area contributed by atoms with Crippen molar-refractivity contribution in [3.63, 3.8) is 0 Å². The minimum atomic E-state index is -3.95. The number of alkyl halides is 2. The van der Waals surface area contributed by atoms with Crippen molar-refractivity contribution in [2.45, 2.75) is 37.5 Å². The summed E-state index contributed by atoms with van der Waals surface area (Å²) in [7, 11) is -3.95. The number of benzene rings is 2. The van der Waals surface area contributed by atoms with Crippen LogP contribution < -0.4 is 0 Å². The maximum absolute atomic E-state index is 13.7. The average Bonchev–Trinajstić information content (AvgIpc) is 3.11. The number of H-pyrrole nitrogens is 1. The van der Waals surface area contributed by atoms with E-state index in [9.17, 15) is 17.2 Å². The Hall–Kier alpha value is -2.32. The molecule has 1 saturated heterocycles. The average molecular weight is 405 g/mol. The molecule has 5 nitrogen and oxygen atoms in total. The molecule has 0 saturated carbocycles. The SMILES string of the molecule is Cc1cc(S(=O)(=O)N2CCCC(F)(F)C2)ccc1-c1ccc2[nH]ncc2c1C. The predicted molar refractivity (Wildman–Crippen MR) is 104 cm³/mol. The van der Waals surface area contributed by atoms with E-state index >= 15 is 0 Å². The van der Waals surface area contributed by atoms with Crippen LogP contribution in [0.3, 0.4) is 0 Å². The molecule has 0 spiro atoms. The molecule has 1 aliphatic heterocycles. The number of aromatic amines is 1. The van der Waals surface area contributed by atoms with Crippen LogP contribution in [0.1, 0.15) is 24.0 Å².